The molecule has 0 saturated carbocycles. The molecule has 1 saturated heterocycles. The number of fused-ring (bicyclic) bond motifs is 1. The minimum absolute atomic E-state index is 0.0667. The van der Waals surface area contributed by atoms with E-state index in [4.69, 9.17) is 21.3 Å². The second-order valence-electron chi connectivity index (χ2n) is 8.41. The Kier molecular flexibility index (Phi) is 7.33. The highest BCUT2D eigenvalue weighted by atomic mass is 35.5. The van der Waals surface area contributed by atoms with E-state index in [9.17, 15) is 4.79 Å². The molecule has 1 aliphatic rings. The van der Waals surface area contributed by atoms with Gasteiger partial charge >= 0.3 is 0 Å². The number of nitrogens with one attached hydrogen (secondary N) is 1. The quantitative estimate of drug-likeness (QED) is 0.518. The first-order valence-corrected chi connectivity index (χ1v) is 11.8. The van der Waals surface area contributed by atoms with Crippen molar-refractivity contribution in [2.75, 3.05) is 25.0 Å². The van der Waals surface area contributed by atoms with Gasteiger partial charge in [0.2, 0.25) is 0 Å². The number of hydrogen-bond acceptors (Lipinski definition) is 4. The van der Waals surface area contributed by atoms with E-state index in [-0.39, 0.29) is 12.5 Å². The van der Waals surface area contributed by atoms with E-state index >= 15 is 0 Å². The molecule has 1 amide bonds. The standard InChI is InChI=1S/C25H31ClN4O2/c1-3-30-23-11-8-19(27-25(31)17-32-20-9-10-21(26)18(2)14-20)15-22(23)28-24(30)16-29-12-6-4-5-7-13-29/h8-11,14-15H,3-7,12-13,16-17H2,1-2H3,(H,27,31). The lowest BCUT2D eigenvalue weighted by Crippen LogP contribution is -2.25. The first-order chi connectivity index (χ1) is 15.5. The Bertz CT molecular complexity index is 1090. The highest BCUT2D eigenvalue weighted by Gasteiger charge is 2.16. The average molecular weight is 455 g/mol. The Balaban J connectivity index is 1.43. The third-order valence-electron chi connectivity index (χ3n) is 5.99. The molecule has 0 spiro atoms. The number of likely N-dealkylation sites (tertiary alicyclic amines) is 1. The van der Waals surface area contributed by atoms with Gasteiger partial charge in [0.25, 0.3) is 5.91 Å². The molecule has 7 heteroatoms. The lowest BCUT2D eigenvalue weighted by atomic mass is 10.2. The Hall–Kier alpha value is -2.57. The van der Waals surface area contributed by atoms with Crippen LogP contribution in [0.1, 0.15) is 44.0 Å². The van der Waals surface area contributed by atoms with Crippen LogP contribution >= 0.6 is 11.6 Å². The van der Waals surface area contributed by atoms with E-state index in [0.29, 0.717) is 10.8 Å². The van der Waals surface area contributed by atoms with Crippen molar-refractivity contribution in [1.29, 1.82) is 0 Å². The first kappa shape index (κ1) is 22.6. The molecule has 4 rings (SSSR count). The smallest absolute Gasteiger partial charge is 0.262 e. The summed E-state index contributed by atoms with van der Waals surface area (Å²) in [6.07, 6.45) is 5.18. The van der Waals surface area contributed by atoms with E-state index in [2.05, 4.69) is 21.7 Å². The second-order valence-corrected chi connectivity index (χ2v) is 8.82. The molecule has 32 heavy (non-hydrogen) atoms. The summed E-state index contributed by atoms with van der Waals surface area (Å²) in [6, 6.07) is 11.3. The molecule has 1 fully saturated rings. The van der Waals surface area contributed by atoms with Gasteiger partial charge in [0, 0.05) is 17.3 Å². The van der Waals surface area contributed by atoms with Gasteiger partial charge in [0.15, 0.2) is 6.61 Å². The van der Waals surface area contributed by atoms with Crippen molar-refractivity contribution in [3.63, 3.8) is 0 Å². The van der Waals surface area contributed by atoms with Crippen LogP contribution in [-0.2, 0) is 17.9 Å². The SMILES string of the molecule is CCn1c(CN2CCCCCC2)nc2cc(NC(=O)COc3ccc(Cl)c(C)c3)ccc21. The summed E-state index contributed by atoms with van der Waals surface area (Å²) in [5.74, 6) is 1.50. The van der Waals surface area contributed by atoms with Gasteiger partial charge in [-0.2, -0.15) is 0 Å². The van der Waals surface area contributed by atoms with Crippen LogP contribution in [0.25, 0.3) is 11.0 Å². The Morgan fingerprint density at radius 2 is 1.91 bits per heavy atom. The van der Waals surface area contributed by atoms with Crippen LogP contribution in [0.15, 0.2) is 36.4 Å². The number of nitrogens with zero attached hydrogens (tertiary/aromatic N) is 3. The fourth-order valence-electron chi connectivity index (χ4n) is 4.28. The maximum Gasteiger partial charge on any atom is 0.262 e. The third-order valence-corrected chi connectivity index (χ3v) is 6.41. The predicted molar refractivity (Wildman–Crippen MR) is 129 cm³/mol. The molecule has 0 aliphatic carbocycles. The molecular formula is C25H31ClN4O2. The van der Waals surface area contributed by atoms with Crippen LogP contribution in [0.2, 0.25) is 5.02 Å². The molecule has 0 atom stereocenters. The van der Waals surface area contributed by atoms with Gasteiger partial charge in [-0.3, -0.25) is 9.69 Å². The molecule has 1 N–H and O–H groups in total. The maximum atomic E-state index is 12.4. The second kappa shape index (κ2) is 10.4. The molecule has 6 nitrogen and oxygen atoms in total. The van der Waals surface area contributed by atoms with Crippen LogP contribution < -0.4 is 10.1 Å². The zero-order valence-electron chi connectivity index (χ0n) is 18.9. The summed E-state index contributed by atoms with van der Waals surface area (Å²) in [4.78, 5) is 19.8. The number of rotatable bonds is 7. The van der Waals surface area contributed by atoms with Crippen LogP contribution in [0.5, 0.6) is 5.75 Å². The average Bonchev–Trinajstić information content (AvgIpc) is 2.92. The van der Waals surface area contributed by atoms with Crippen LogP contribution in [0.3, 0.4) is 0 Å². The van der Waals surface area contributed by atoms with Crippen molar-refractivity contribution in [2.24, 2.45) is 0 Å². The fraction of sp³-hybridized carbons (Fsp3) is 0.440. The summed E-state index contributed by atoms with van der Waals surface area (Å²) >= 11 is 6.04. The van der Waals surface area contributed by atoms with Crippen molar-refractivity contribution in [3.05, 3.63) is 52.8 Å². The number of halogens is 1. The summed E-state index contributed by atoms with van der Waals surface area (Å²) in [5, 5.41) is 3.59. The third kappa shape index (κ3) is 5.43. The van der Waals surface area contributed by atoms with Crippen molar-refractivity contribution in [1.82, 2.24) is 14.5 Å². The van der Waals surface area contributed by atoms with E-state index < -0.39 is 0 Å². The minimum Gasteiger partial charge on any atom is -0.484 e. The number of anilines is 1. The molecule has 0 radical (unpaired) electrons. The lowest BCUT2D eigenvalue weighted by molar-refractivity contribution is -0.118. The van der Waals surface area contributed by atoms with E-state index in [1.807, 2.05) is 31.2 Å². The number of ether oxygens (including phenoxy) is 1. The van der Waals surface area contributed by atoms with Gasteiger partial charge in [0.1, 0.15) is 11.6 Å². The molecule has 3 aromatic rings. The van der Waals surface area contributed by atoms with Crippen molar-refractivity contribution in [2.45, 2.75) is 52.6 Å². The van der Waals surface area contributed by atoms with Crippen LogP contribution in [-0.4, -0.2) is 40.1 Å². The number of carbonyl (C=O) groups excluding carboxylic acids is 1. The summed E-state index contributed by atoms with van der Waals surface area (Å²) < 4.78 is 7.88. The van der Waals surface area contributed by atoms with E-state index in [1.54, 1.807) is 12.1 Å². The van der Waals surface area contributed by atoms with Crippen LogP contribution in [0.4, 0.5) is 5.69 Å². The molecule has 0 bridgehead atoms. The number of benzene rings is 2. The molecule has 170 valence electrons. The molecule has 1 aromatic heterocycles. The monoisotopic (exact) mass is 454 g/mol. The Labute approximate surface area is 194 Å². The number of aryl methyl sites for hydroxylation is 2. The first-order valence-electron chi connectivity index (χ1n) is 11.4. The largest absolute Gasteiger partial charge is 0.484 e. The maximum absolute atomic E-state index is 12.4. The van der Waals surface area contributed by atoms with Gasteiger partial charge < -0.3 is 14.6 Å². The Morgan fingerprint density at radius 3 is 2.62 bits per heavy atom. The predicted octanol–water partition coefficient (Wildman–Crippen LogP) is 5.41. The number of imidazole rings is 1. The molecular weight excluding hydrogens is 424 g/mol. The van der Waals surface area contributed by atoms with Crippen molar-refractivity contribution in [3.8, 4) is 5.75 Å². The molecule has 2 heterocycles. The van der Waals surface area contributed by atoms with Gasteiger partial charge in [0.05, 0.1) is 17.6 Å². The van der Waals surface area contributed by atoms with Gasteiger partial charge in [-0.15, -0.1) is 0 Å². The Morgan fingerprint density at radius 1 is 1.12 bits per heavy atom. The highest BCUT2D eigenvalue weighted by Crippen LogP contribution is 2.23. The number of carbonyl (C=O) groups is 1. The summed E-state index contributed by atoms with van der Waals surface area (Å²) in [7, 11) is 0. The van der Waals surface area contributed by atoms with Crippen molar-refractivity contribution < 1.29 is 9.53 Å². The zero-order valence-corrected chi connectivity index (χ0v) is 19.6. The lowest BCUT2D eigenvalue weighted by Gasteiger charge is -2.19. The van der Waals surface area contributed by atoms with E-state index in [1.165, 1.54) is 25.7 Å². The summed E-state index contributed by atoms with van der Waals surface area (Å²) in [6.45, 7) is 8.02. The number of hydrogen-bond donors (Lipinski definition) is 1. The fourth-order valence-corrected chi connectivity index (χ4v) is 4.40. The van der Waals surface area contributed by atoms with Gasteiger partial charge in [-0.1, -0.05) is 24.4 Å². The molecule has 1 aliphatic heterocycles. The zero-order chi connectivity index (χ0) is 22.5. The van der Waals surface area contributed by atoms with Gasteiger partial charge in [-0.25, -0.2) is 4.98 Å². The molecule has 2 aromatic carbocycles. The highest BCUT2D eigenvalue weighted by molar-refractivity contribution is 6.31. The van der Waals surface area contributed by atoms with Crippen LogP contribution in [0, 0.1) is 6.92 Å². The number of amides is 1. The number of aromatic nitrogens is 2. The topological polar surface area (TPSA) is 59.4 Å². The van der Waals surface area contributed by atoms with Crippen molar-refractivity contribution >= 4 is 34.2 Å². The van der Waals surface area contributed by atoms with E-state index in [0.717, 1.165) is 54.3 Å². The molecule has 0 unspecified atom stereocenters. The minimum atomic E-state index is -0.211. The van der Waals surface area contributed by atoms with Gasteiger partial charge in [-0.05, 0) is 81.7 Å². The summed E-state index contributed by atoms with van der Waals surface area (Å²) in [5.41, 5.74) is 3.64. The normalized spacial score (nSPS) is 15.0.